The lowest BCUT2D eigenvalue weighted by Crippen LogP contribution is -2.42. The van der Waals surface area contributed by atoms with Crippen molar-refractivity contribution >= 4 is 10.0 Å². The van der Waals surface area contributed by atoms with Crippen LogP contribution in [-0.4, -0.2) is 48.1 Å². The molecule has 17 heavy (non-hydrogen) atoms. The minimum atomic E-state index is -3.40. The smallest absolute Gasteiger partial charge is 0.246 e. The Bertz CT molecular complexity index is 498. The average molecular weight is 256 g/mol. The van der Waals surface area contributed by atoms with Gasteiger partial charge >= 0.3 is 0 Å². The van der Waals surface area contributed by atoms with Gasteiger partial charge < -0.3 is 5.32 Å². The van der Waals surface area contributed by atoms with Crippen molar-refractivity contribution in [3.63, 3.8) is 0 Å². The van der Waals surface area contributed by atoms with Gasteiger partial charge in [-0.15, -0.1) is 0 Å². The minimum Gasteiger partial charge on any atom is -0.315 e. The van der Waals surface area contributed by atoms with E-state index in [4.69, 9.17) is 0 Å². The molecule has 1 aromatic heterocycles. The largest absolute Gasteiger partial charge is 0.315 e. The standard InChI is InChI=1S/C10H16N4O2S/c1-7-2-8-3-11-6-10(8)14(7)17(15,16)9-4-12-13-5-9/h4-5,7-8,10-11H,2-3,6H2,1H3,(H,12,13). The number of rotatable bonds is 2. The molecule has 6 nitrogen and oxygen atoms in total. The summed E-state index contributed by atoms with van der Waals surface area (Å²) in [7, 11) is -3.40. The van der Waals surface area contributed by atoms with Crippen LogP contribution in [0.5, 0.6) is 0 Å². The average Bonchev–Trinajstić information content (AvgIpc) is 2.88. The molecule has 3 rings (SSSR count). The normalized spacial score (nSPS) is 34.1. The van der Waals surface area contributed by atoms with Crippen molar-refractivity contribution < 1.29 is 8.42 Å². The molecule has 2 aliphatic rings. The molecule has 0 saturated carbocycles. The molecule has 3 atom stereocenters. The molecule has 2 aliphatic heterocycles. The first-order valence-electron chi connectivity index (χ1n) is 5.84. The Hall–Kier alpha value is -0.920. The Morgan fingerprint density at radius 3 is 3.00 bits per heavy atom. The number of hydrogen-bond acceptors (Lipinski definition) is 4. The molecular formula is C10H16N4O2S. The second-order valence-corrected chi connectivity index (χ2v) is 6.68. The molecule has 2 fully saturated rings. The molecule has 0 aromatic carbocycles. The zero-order valence-electron chi connectivity index (χ0n) is 9.63. The van der Waals surface area contributed by atoms with Crippen molar-refractivity contribution in [1.82, 2.24) is 19.8 Å². The van der Waals surface area contributed by atoms with Crippen LogP contribution in [0.1, 0.15) is 13.3 Å². The van der Waals surface area contributed by atoms with E-state index in [9.17, 15) is 8.42 Å². The van der Waals surface area contributed by atoms with Crippen molar-refractivity contribution in [2.24, 2.45) is 5.92 Å². The Balaban J connectivity index is 1.98. The van der Waals surface area contributed by atoms with Crippen LogP contribution in [0.15, 0.2) is 17.3 Å². The summed E-state index contributed by atoms with van der Waals surface area (Å²) in [6.07, 6.45) is 3.75. The van der Waals surface area contributed by atoms with E-state index in [-0.39, 0.29) is 17.0 Å². The van der Waals surface area contributed by atoms with Crippen molar-refractivity contribution in [2.45, 2.75) is 30.3 Å². The van der Waals surface area contributed by atoms with Crippen molar-refractivity contribution in [2.75, 3.05) is 13.1 Å². The number of aromatic nitrogens is 2. The first-order chi connectivity index (χ1) is 8.10. The fourth-order valence-corrected chi connectivity index (χ4v) is 4.84. The third-order valence-corrected chi connectivity index (χ3v) is 5.76. The summed E-state index contributed by atoms with van der Waals surface area (Å²) in [5, 5.41) is 9.55. The number of nitrogens with one attached hydrogen (secondary N) is 2. The van der Waals surface area contributed by atoms with Gasteiger partial charge in [0.25, 0.3) is 0 Å². The highest BCUT2D eigenvalue weighted by molar-refractivity contribution is 7.89. The molecule has 0 radical (unpaired) electrons. The van der Waals surface area contributed by atoms with Gasteiger partial charge in [-0.05, 0) is 25.8 Å². The van der Waals surface area contributed by atoms with Crippen LogP contribution in [-0.2, 0) is 10.0 Å². The van der Waals surface area contributed by atoms with Crippen LogP contribution in [0.25, 0.3) is 0 Å². The Labute approximate surface area is 100 Å². The number of fused-ring (bicyclic) bond motifs is 1. The zero-order valence-corrected chi connectivity index (χ0v) is 10.4. The van der Waals surface area contributed by atoms with Gasteiger partial charge in [0.05, 0.1) is 6.20 Å². The van der Waals surface area contributed by atoms with E-state index in [1.165, 1.54) is 12.4 Å². The van der Waals surface area contributed by atoms with Gasteiger partial charge in [-0.2, -0.15) is 9.40 Å². The van der Waals surface area contributed by atoms with Crippen LogP contribution in [0.3, 0.4) is 0 Å². The van der Waals surface area contributed by atoms with E-state index in [1.807, 2.05) is 6.92 Å². The second-order valence-electron chi connectivity index (χ2n) is 4.84. The summed E-state index contributed by atoms with van der Waals surface area (Å²) in [6, 6.07) is 0.178. The highest BCUT2D eigenvalue weighted by Gasteiger charge is 2.47. The maximum atomic E-state index is 12.5. The summed E-state index contributed by atoms with van der Waals surface area (Å²) in [6.45, 7) is 3.66. The highest BCUT2D eigenvalue weighted by Crippen LogP contribution is 2.36. The molecule has 3 unspecified atom stereocenters. The fraction of sp³-hybridized carbons (Fsp3) is 0.700. The molecule has 0 spiro atoms. The van der Waals surface area contributed by atoms with Gasteiger partial charge in [0.2, 0.25) is 10.0 Å². The first-order valence-corrected chi connectivity index (χ1v) is 7.28. The van der Waals surface area contributed by atoms with Crippen LogP contribution >= 0.6 is 0 Å². The fourth-order valence-electron chi connectivity index (χ4n) is 3.04. The summed E-state index contributed by atoms with van der Waals surface area (Å²) in [5.41, 5.74) is 0. The molecule has 0 amide bonds. The van der Waals surface area contributed by atoms with E-state index in [0.717, 1.165) is 19.5 Å². The predicted molar refractivity (Wildman–Crippen MR) is 61.8 cm³/mol. The van der Waals surface area contributed by atoms with Crippen LogP contribution < -0.4 is 5.32 Å². The van der Waals surface area contributed by atoms with Gasteiger partial charge in [0.1, 0.15) is 4.90 Å². The highest BCUT2D eigenvalue weighted by atomic mass is 32.2. The van der Waals surface area contributed by atoms with E-state index in [2.05, 4.69) is 15.5 Å². The lowest BCUT2D eigenvalue weighted by molar-refractivity contribution is 0.336. The zero-order chi connectivity index (χ0) is 12.0. The maximum absolute atomic E-state index is 12.5. The van der Waals surface area contributed by atoms with Gasteiger partial charge in [-0.25, -0.2) is 8.42 Å². The maximum Gasteiger partial charge on any atom is 0.246 e. The number of nitrogens with zero attached hydrogens (tertiary/aromatic N) is 2. The van der Waals surface area contributed by atoms with Crippen LogP contribution in [0.2, 0.25) is 0 Å². The van der Waals surface area contributed by atoms with Crippen LogP contribution in [0.4, 0.5) is 0 Å². The number of sulfonamides is 1. The minimum absolute atomic E-state index is 0.0759. The summed E-state index contributed by atoms with van der Waals surface area (Å²) < 4.78 is 26.6. The topological polar surface area (TPSA) is 78.1 Å². The third-order valence-electron chi connectivity index (χ3n) is 3.76. The third kappa shape index (κ3) is 1.61. The second kappa shape index (κ2) is 3.79. The summed E-state index contributed by atoms with van der Waals surface area (Å²) in [5.74, 6) is 0.451. The Kier molecular flexibility index (Phi) is 2.49. The molecule has 2 N–H and O–H groups in total. The van der Waals surface area contributed by atoms with E-state index in [0.29, 0.717) is 5.92 Å². The number of H-pyrrole nitrogens is 1. The number of aromatic amines is 1. The lowest BCUT2D eigenvalue weighted by Gasteiger charge is -2.25. The monoisotopic (exact) mass is 256 g/mol. The quantitative estimate of drug-likeness (QED) is 0.767. The van der Waals surface area contributed by atoms with Gasteiger partial charge in [0.15, 0.2) is 0 Å². The molecule has 2 saturated heterocycles. The molecule has 3 heterocycles. The summed E-state index contributed by atoms with van der Waals surface area (Å²) >= 11 is 0. The number of hydrogen-bond donors (Lipinski definition) is 2. The molecule has 7 heteroatoms. The lowest BCUT2D eigenvalue weighted by atomic mass is 10.0. The van der Waals surface area contributed by atoms with E-state index in [1.54, 1.807) is 4.31 Å². The first kappa shape index (κ1) is 11.2. The van der Waals surface area contributed by atoms with Crippen molar-refractivity contribution in [3.05, 3.63) is 12.4 Å². The van der Waals surface area contributed by atoms with Crippen molar-refractivity contribution in [1.29, 1.82) is 0 Å². The van der Waals surface area contributed by atoms with E-state index >= 15 is 0 Å². The summed E-state index contributed by atoms with van der Waals surface area (Å²) in [4.78, 5) is 0.261. The van der Waals surface area contributed by atoms with Gasteiger partial charge in [-0.1, -0.05) is 0 Å². The molecule has 0 bridgehead atoms. The Morgan fingerprint density at radius 2 is 2.29 bits per heavy atom. The SMILES string of the molecule is CC1CC2CNCC2N1S(=O)(=O)c1cn[nH]c1. The van der Waals surface area contributed by atoms with Crippen molar-refractivity contribution in [3.8, 4) is 0 Å². The Morgan fingerprint density at radius 1 is 1.47 bits per heavy atom. The van der Waals surface area contributed by atoms with Gasteiger partial charge in [-0.3, -0.25) is 5.10 Å². The molecule has 0 aliphatic carbocycles. The predicted octanol–water partition coefficient (Wildman–Crippen LogP) is -0.219. The molecule has 94 valence electrons. The van der Waals surface area contributed by atoms with E-state index < -0.39 is 10.0 Å². The molecule has 1 aromatic rings. The van der Waals surface area contributed by atoms with Gasteiger partial charge in [0, 0.05) is 24.8 Å². The molecular weight excluding hydrogens is 240 g/mol. The van der Waals surface area contributed by atoms with Crippen LogP contribution in [0, 0.1) is 5.92 Å².